The smallest absolute Gasteiger partial charge is 0.218 e. The second-order valence-electron chi connectivity index (χ2n) is 5.35. The number of hydrogen-bond acceptors (Lipinski definition) is 4. The molecule has 1 saturated heterocycles. The van der Waals surface area contributed by atoms with Gasteiger partial charge in [-0.05, 0) is 30.0 Å². The maximum Gasteiger partial charge on any atom is 0.218 e. The van der Waals surface area contributed by atoms with Crippen LogP contribution in [0.25, 0.3) is 0 Å². The van der Waals surface area contributed by atoms with Gasteiger partial charge >= 0.3 is 0 Å². The molecule has 0 aromatic heterocycles. The van der Waals surface area contributed by atoms with Gasteiger partial charge in [0.15, 0.2) is 0 Å². The molecule has 5 nitrogen and oxygen atoms in total. The van der Waals surface area contributed by atoms with Crippen molar-refractivity contribution in [2.75, 3.05) is 13.1 Å². The average Bonchev–Trinajstić information content (AvgIpc) is 2.42. The lowest BCUT2D eigenvalue weighted by atomic mass is 9.96. The van der Waals surface area contributed by atoms with Crippen molar-refractivity contribution < 1.29 is 8.42 Å². The first-order chi connectivity index (χ1) is 9.42. The van der Waals surface area contributed by atoms with Crippen LogP contribution in [0.3, 0.4) is 0 Å². The van der Waals surface area contributed by atoms with Crippen LogP contribution in [-0.2, 0) is 15.8 Å². The fraction of sp³-hybridized carbons (Fsp3) is 0.500. The second-order valence-corrected chi connectivity index (χ2v) is 7.32. The van der Waals surface area contributed by atoms with Gasteiger partial charge in [-0.3, -0.25) is 0 Å². The normalized spacial score (nSPS) is 24.2. The van der Waals surface area contributed by atoms with E-state index in [9.17, 15) is 8.42 Å². The summed E-state index contributed by atoms with van der Waals surface area (Å²) in [4.78, 5) is 0. The average molecular weight is 293 g/mol. The topological polar surface area (TPSA) is 87.2 Å². The quantitative estimate of drug-likeness (QED) is 0.902. The van der Waals surface area contributed by atoms with E-state index in [2.05, 4.69) is 6.92 Å². The van der Waals surface area contributed by atoms with Gasteiger partial charge in [0.05, 0.1) is 17.4 Å². The molecule has 1 aromatic rings. The lowest BCUT2D eigenvalue weighted by Crippen LogP contribution is -2.49. The van der Waals surface area contributed by atoms with E-state index in [0.717, 1.165) is 6.42 Å². The lowest BCUT2D eigenvalue weighted by molar-refractivity contribution is 0.252. The van der Waals surface area contributed by atoms with E-state index < -0.39 is 10.0 Å². The summed E-state index contributed by atoms with van der Waals surface area (Å²) in [6.07, 6.45) is 0.799. The standard InChI is InChI=1S/C14H19N3O2S/c1-11-6-7-17(9-14(11)16)20(18,19)10-13-4-2-12(8-15)3-5-13/h2-5,11,14H,6-7,9-10,16H2,1H3. The molecule has 1 aliphatic heterocycles. The molecule has 0 aliphatic carbocycles. The van der Waals surface area contributed by atoms with Crippen LogP contribution < -0.4 is 5.73 Å². The van der Waals surface area contributed by atoms with Crippen molar-refractivity contribution in [3.8, 4) is 6.07 Å². The molecule has 0 spiro atoms. The minimum Gasteiger partial charge on any atom is -0.326 e. The molecule has 1 heterocycles. The summed E-state index contributed by atoms with van der Waals surface area (Å²) >= 11 is 0. The number of hydrogen-bond donors (Lipinski definition) is 1. The predicted octanol–water partition coefficient (Wildman–Crippen LogP) is 1.06. The summed E-state index contributed by atoms with van der Waals surface area (Å²) in [5.74, 6) is 0.316. The molecule has 0 amide bonds. The number of benzene rings is 1. The fourth-order valence-electron chi connectivity index (χ4n) is 2.30. The second kappa shape index (κ2) is 5.92. The Morgan fingerprint density at radius 3 is 2.60 bits per heavy atom. The van der Waals surface area contributed by atoms with Crippen LogP contribution in [0.5, 0.6) is 0 Å². The molecule has 6 heteroatoms. The first-order valence-corrected chi connectivity index (χ1v) is 8.26. The van der Waals surface area contributed by atoms with E-state index in [4.69, 9.17) is 11.0 Å². The van der Waals surface area contributed by atoms with E-state index in [0.29, 0.717) is 30.1 Å². The van der Waals surface area contributed by atoms with Crippen LogP contribution >= 0.6 is 0 Å². The minimum absolute atomic E-state index is 0.0419. The first kappa shape index (κ1) is 15.0. The van der Waals surface area contributed by atoms with E-state index in [1.54, 1.807) is 24.3 Å². The summed E-state index contributed by atoms with van der Waals surface area (Å²) in [5.41, 5.74) is 7.17. The Labute approximate surface area is 120 Å². The van der Waals surface area contributed by atoms with Crippen molar-refractivity contribution in [3.05, 3.63) is 35.4 Å². The molecule has 2 unspecified atom stereocenters. The Hall–Kier alpha value is -1.42. The molecule has 1 fully saturated rings. The van der Waals surface area contributed by atoms with Crippen molar-refractivity contribution in [3.63, 3.8) is 0 Å². The zero-order valence-corrected chi connectivity index (χ0v) is 12.3. The van der Waals surface area contributed by atoms with Crippen LogP contribution in [0.15, 0.2) is 24.3 Å². The number of nitriles is 1. The molecule has 2 N–H and O–H groups in total. The molecule has 0 radical (unpaired) electrons. The van der Waals surface area contributed by atoms with E-state index in [-0.39, 0.29) is 11.8 Å². The molecular formula is C14H19N3O2S. The van der Waals surface area contributed by atoms with Crippen molar-refractivity contribution in [2.45, 2.75) is 25.1 Å². The van der Waals surface area contributed by atoms with Crippen molar-refractivity contribution in [1.82, 2.24) is 4.31 Å². The Kier molecular flexibility index (Phi) is 4.43. The highest BCUT2D eigenvalue weighted by Gasteiger charge is 2.30. The molecule has 1 aromatic carbocycles. The number of nitrogens with zero attached hydrogens (tertiary/aromatic N) is 2. The Bertz CT molecular complexity index is 604. The molecular weight excluding hydrogens is 274 g/mol. The van der Waals surface area contributed by atoms with E-state index >= 15 is 0 Å². The van der Waals surface area contributed by atoms with Gasteiger partial charge in [0.1, 0.15) is 0 Å². The minimum atomic E-state index is -3.34. The van der Waals surface area contributed by atoms with Crippen molar-refractivity contribution in [1.29, 1.82) is 5.26 Å². The summed E-state index contributed by atoms with van der Waals surface area (Å²) in [5, 5.41) is 8.73. The van der Waals surface area contributed by atoms with Gasteiger partial charge in [-0.15, -0.1) is 0 Å². The molecule has 2 atom stereocenters. The third kappa shape index (κ3) is 3.37. The maximum atomic E-state index is 12.4. The van der Waals surface area contributed by atoms with Gasteiger partial charge in [0, 0.05) is 19.1 Å². The van der Waals surface area contributed by atoms with Crippen molar-refractivity contribution >= 4 is 10.0 Å². The van der Waals surface area contributed by atoms with Gasteiger partial charge in [-0.2, -0.15) is 5.26 Å². The summed E-state index contributed by atoms with van der Waals surface area (Å²) in [7, 11) is -3.34. The van der Waals surface area contributed by atoms with Gasteiger partial charge in [0.25, 0.3) is 0 Å². The van der Waals surface area contributed by atoms with Crippen LogP contribution in [-0.4, -0.2) is 31.9 Å². The van der Waals surface area contributed by atoms with Crippen LogP contribution in [0.4, 0.5) is 0 Å². The maximum absolute atomic E-state index is 12.4. The fourth-order valence-corrected chi connectivity index (χ4v) is 3.88. The Morgan fingerprint density at radius 2 is 2.05 bits per heavy atom. The Balaban J connectivity index is 2.09. The Morgan fingerprint density at radius 1 is 1.40 bits per heavy atom. The SMILES string of the molecule is CC1CCN(S(=O)(=O)Cc2ccc(C#N)cc2)CC1N. The summed E-state index contributed by atoms with van der Waals surface area (Å²) in [6, 6.07) is 8.55. The predicted molar refractivity (Wildman–Crippen MR) is 77.1 cm³/mol. The number of sulfonamides is 1. The monoisotopic (exact) mass is 293 g/mol. The van der Waals surface area contributed by atoms with Gasteiger partial charge in [-0.1, -0.05) is 19.1 Å². The molecule has 1 aliphatic rings. The summed E-state index contributed by atoms with van der Waals surface area (Å²) < 4.78 is 26.2. The van der Waals surface area contributed by atoms with Crippen LogP contribution in [0.1, 0.15) is 24.5 Å². The third-order valence-electron chi connectivity index (χ3n) is 3.80. The zero-order valence-electron chi connectivity index (χ0n) is 11.5. The zero-order chi connectivity index (χ0) is 14.8. The lowest BCUT2D eigenvalue weighted by Gasteiger charge is -2.34. The molecule has 0 bridgehead atoms. The van der Waals surface area contributed by atoms with Gasteiger partial charge < -0.3 is 5.73 Å². The molecule has 108 valence electrons. The number of nitrogens with two attached hydrogens (primary N) is 1. The van der Waals surface area contributed by atoms with Gasteiger partial charge in [-0.25, -0.2) is 12.7 Å². The van der Waals surface area contributed by atoms with E-state index in [1.165, 1.54) is 4.31 Å². The first-order valence-electron chi connectivity index (χ1n) is 6.65. The van der Waals surface area contributed by atoms with Crippen LogP contribution in [0.2, 0.25) is 0 Å². The summed E-state index contributed by atoms with van der Waals surface area (Å²) in [6.45, 7) is 2.97. The largest absolute Gasteiger partial charge is 0.326 e. The highest BCUT2D eigenvalue weighted by atomic mass is 32.2. The third-order valence-corrected chi connectivity index (χ3v) is 5.62. The molecule has 20 heavy (non-hydrogen) atoms. The number of piperidine rings is 1. The molecule has 2 rings (SSSR count). The van der Waals surface area contributed by atoms with Crippen molar-refractivity contribution in [2.24, 2.45) is 11.7 Å². The highest BCUT2D eigenvalue weighted by molar-refractivity contribution is 7.88. The molecule has 0 saturated carbocycles. The van der Waals surface area contributed by atoms with Gasteiger partial charge in [0.2, 0.25) is 10.0 Å². The highest BCUT2D eigenvalue weighted by Crippen LogP contribution is 2.20. The number of rotatable bonds is 3. The van der Waals surface area contributed by atoms with E-state index in [1.807, 2.05) is 6.07 Å². The van der Waals surface area contributed by atoms with Crippen LogP contribution in [0, 0.1) is 17.2 Å².